The number of hydrogen-bond donors (Lipinski definition) is 0. The average molecular weight is 303 g/mol. The predicted molar refractivity (Wildman–Crippen MR) is 82.1 cm³/mol. The molecule has 0 N–H and O–H groups in total. The molecule has 0 aliphatic carbocycles. The first-order valence-corrected chi connectivity index (χ1v) is 7.61. The second-order valence-electron chi connectivity index (χ2n) is 4.43. The van der Waals surface area contributed by atoms with E-state index < -0.39 is 5.97 Å². The zero-order chi connectivity index (χ0) is 15.1. The number of ether oxygens (including phenoxy) is 1. The van der Waals surface area contributed by atoms with Gasteiger partial charge in [0.1, 0.15) is 6.54 Å². The molecule has 110 valence electrons. The monoisotopic (exact) mass is 303 g/mol. The highest BCUT2D eigenvalue weighted by Gasteiger charge is 2.20. The molecular formula is C16H17NO3S. The molecule has 0 unspecified atom stereocenters. The maximum atomic E-state index is 12.5. The maximum absolute atomic E-state index is 12.5. The summed E-state index contributed by atoms with van der Waals surface area (Å²) in [5, 5.41) is 1.85. The van der Waals surface area contributed by atoms with Crippen LogP contribution in [0.4, 0.5) is 0 Å². The van der Waals surface area contributed by atoms with Gasteiger partial charge < -0.3 is 9.64 Å². The van der Waals surface area contributed by atoms with Crippen LogP contribution < -0.4 is 0 Å². The molecule has 21 heavy (non-hydrogen) atoms. The van der Waals surface area contributed by atoms with Gasteiger partial charge in [-0.05, 0) is 23.9 Å². The van der Waals surface area contributed by atoms with Gasteiger partial charge in [0, 0.05) is 6.54 Å². The molecule has 2 aromatic rings. The average Bonchev–Trinajstić information content (AvgIpc) is 3.01. The first kappa shape index (κ1) is 15.3. The summed E-state index contributed by atoms with van der Waals surface area (Å²) in [5.41, 5.74) is 0.978. The summed E-state index contributed by atoms with van der Waals surface area (Å²) in [6, 6.07) is 13.2. The van der Waals surface area contributed by atoms with Crippen molar-refractivity contribution >= 4 is 23.2 Å². The highest BCUT2D eigenvalue weighted by Crippen LogP contribution is 2.14. The van der Waals surface area contributed by atoms with E-state index in [2.05, 4.69) is 0 Å². The normalized spacial score (nSPS) is 10.1. The van der Waals surface area contributed by atoms with Gasteiger partial charge in [0.15, 0.2) is 0 Å². The quantitative estimate of drug-likeness (QED) is 0.771. The van der Waals surface area contributed by atoms with Crippen molar-refractivity contribution in [2.45, 2.75) is 13.5 Å². The number of nitrogens with zero attached hydrogens (tertiary/aromatic N) is 1. The summed E-state index contributed by atoms with van der Waals surface area (Å²) in [6.45, 7) is 2.40. The summed E-state index contributed by atoms with van der Waals surface area (Å²) >= 11 is 1.37. The molecule has 0 bridgehead atoms. The van der Waals surface area contributed by atoms with E-state index in [0.717, 1.165) is 5.56 Å². The lowest BCUT2D eigenvalue weighted by molar-refractivity contribution is -0.143. The molecule has 0 spiro atoms. The summed E-state index contributed by atoms with van der Waals surface area (Å²) in [4.78, 5) is 26.3. The zero-order valence-electron chi connectivity index (χ0n) is 11.8. The summed E-state index contributed by atoms with van der Waals surface area (Å²) in [5.74, 6) is -0.541. The van der Waals surface area contributed by atoms with Gasteiger partial charge in [-0.2, -0.15) is 0 Å². The number of benzene rings is 1. The van der Waals surface area contributed by atoms with Gasteiger partial charge in [-0.25, -0.2) is 0 Å². The first-order valence-electron chi connectivity index (χ1n) is 6.73. The van der Waals surface area contributed by atoms with E-state index in [-0.39, 0.29) is 12.5 Å². The van der Waals surface area contributed by atoms with Crippen LogP contribution in [0.2, 0.25) is 0 Å². The summed E-state index contributed by atoms with van der Waals surface area (Å²) in [7, 11) is 0. The Balaban J connectivity index is 2.13. The smallest absolute Gasteiger partial charge is 0.325 e. The molecular weight excluding hydrogens is 286 g/mol. The van der Waals surface area contributed by atoms with Crippen molar-refractivity contribution in [3.05, 3.63) is 58.3 Å². The van der Waals surface area contributed by atoms with Crippen molar-refractivity contribution in [2.24, 2.45) is 0 Å². The van der Waals surface area contributed by atoms with E-state index in [9.17, 15) is 9.59 Å². The van der Waals surface area contributed by atoms with E-state index >= 15 is 0 Å². The highest BCUT2D eigenvalue weighted by atomic mass is 32.1. The molecule has 0 atom stereocenters. The minimum atomic E-state index is -0.390. The molecule has 2 rings (SSSR count). The van der Waals surface area contributed by atoms with Gasteiger partial charge in [0.25, 0.3) is 5.91 Å². The van der Waals surface area contributed by atoms with E-state index in [0.29, 0.717) is 18.0 Å². The van der Waals surface area contributed by atoms with Crippen LogP contribution in [-0.2, 0) is 16.1 Å². The number of carbonyl (C=O) groups is 2. The standard InChI is InChI=1S/C16H17NO3S/c1-2-20-15(18)12-17(11-13-7-4-3-5-8-13)16(19)14-9-6-10-21-14/h3-10H,2,11-12H2,1H3. The number of esters is 1. The largest absolute Gasteiger partial charge is 0.465 e. The second-order valence-corrected chi connectivity index (χ2v) is 5.38. The molecule has 4 nitrogen and oxygen atoms in total. The van der Waals surface area contributed by atoms with Crippen molar-refractivity contribution in [3.63, 3.8) is 0 Å². The van der Waals surface area contributed by atoms with Crippen LogP contribution >= 0.6 is 11.3 Å². The van der Waals surface area contributed by atoms with Gasteiger partial charge >= 0.3 is 5.97 Å². The zero-order valence-corrected chi connectivity index (χ0v) is 12.6. The highest BCUT2D eigenvalue weighted by molar-refractivity contribution is 7.12. The van der Waals surface area contributed by atoms with E-state index in [1.165, 1.54) is 16.2 Å². The van der Waals surface area contributed by atoms with Crippen molar-refractivity contribution in [1.29, 1.82) is 0 Å². The van der Waals surface area contributed by atoms with Crippen LogP contribution in [0.3, 0.4) is 0 Å². The van der Waals surface area contributed by atoms with Gasteiger partial charge in [-0.3, -0.25) is 9.59 Å². The molecule has 0 saturated heterocycles. The molecule has 5 heteroatoms. The third-order valence-corrected chi connectivity index (χ3v) is 3.72. The number of thiophene rings is 1. The Morgan fingerprint density at radius 3 is 2.52 bits per heavy atom. The van der Waals surface area contributed by atoms with Crippen molar-refractivity contribution in [2.75, 3.05) is 13.2 Å². The van der Waals surface area contributed by atoms with Crippen molar-refractivity contribution in [1.82, 2.24) is 4.90 Å². The minimum Gasteiger partial charge on any atom is -0.465 e. The fourth-order valence-corrected chi connectivity index (χ4v) is 2.61. The Hall–Kier alpha value is -2.14. The Labute approximate surface area is 128 Å². The summed E-state index contributed by atoms with van der Waals surface area (Å²) in [6.07, 6.45) is 0. The predicted octanol–water partition coefficient (Wildman–Crippen LogP) is 2.95. The molecule has 0 radical (unpaired) electrons. The number of carbonyl (C=O) groups excluding carboxylic acids is 2. The molecule has 0 fully saturated rings. The lowest BCUT2D eigenvalue weighted by Gasteiger charge is -2.21. The van der Waals surface area contributed by atoms with Crippen molar-refractivity contribution in [3.8, 4) is 0 Å². The van der Waals surface area contributed by atoms with Crippen LogP contribution in [0.15, 0.2) is 47.8 Å². The summed E-state index contributed by atoms with van der Waals surface area (Å²) < 4.78 is 4.95. The minimum absolute atomic E-state index is 0.0422. The second kappa shape index (κ2) is 7.59. The fourth-order valence-electron chi connectivity index (χ4n) is 1.92. The topological polar surface area (TPSA) is 46.6 Å². The van der Waals surface area contributed by atoms with Crippen LogP contribution in [-0.4, -0.2) is 29.9 Å². The van der Waals surface area contributed by atoms with Gasteiger partial charge in [-0.15, -0.1) is 11.3 Å². The first-order chi connectivity index (χ1) is 10.2. The van der Waals surface area contributed by atoms with E-state index in [4.69, 9.17) is 4.74 Å². The van der Waals surface area contributed by atoms with E-state index in [1.807, 2.05) is 41.8 Å². The van der Waals surface area contributed by atoms with Gasteiger partial charge in [-0.1, -0.05) is 36.4 Å². The Bertz CT molecular complexity index is 581. The maximum Gasteiger partial charge on any atom is 0.325 e. The molecule has 1 amide bonds. The molecule has 0 aliphatic heterocycles. The van der Waals surface area contributed by atoms with Crippen LogP contribution in [0.5, 0.6) is 0 Å². The van der Waals surface area contributed by atoms with Crippen LogP contribution in [0, 0.1) is 0 Å². The Morgan fingerprint density at radius 2 is 1.90 bits per heavy atom. The van der Waals surface area contributed by atoms with Crippen LogP contribution in [0.1, 0.15) is 22.2 Å². The third kappa shape index (κ3) is 4.43. The van der Waals surface area contributed by atoms with Crippen LogP contribution in [0.25, 0.3) is 0 Å². The molecule has 0 saturated carbocycles. The Morgan fingerprint density at radius 1 is 1.14 bits per heavy atom. The lowest BCUT2D eigenvalue weighted by atomic mass is 10.2. The van der Waals surface area contributed by atoms with Gasteiger partial charge in [0.05, 0.1) is 11.5 Å². The van der Waals surface area contributed by atoms with Crippen molar-refractivity contribution < 1.29 is 14.3 Å². The van der Waals surface area contributed by atoms with Gasteiger partial charge in [0.2, 0.25) is 0 Å². The number of hydrogen-bond acceptors (Lipinski definition) is 4. The van der Waals surface area contributed by atoms with E-state index in [1.54, 1.807) is 13.0 Å². The molecule has 0 aliphatic rings. The number of amides is 1. The fraction of sp³-hybridized carbons (Fsp3) is 0.250. The lowest BCUT2D eigenvalue weighted by Crippen LogP contribution is -2.35. The molecule has 1 aromatic heterocycles. The molecule has 1 heterocycles. The molecule has 1 aromatic carbocycles. The SMILES string of the molecule is CCOC(=O)CN(Cc1ccccc1)C(=O)c1cccs1. The third-order valence-electron chi connectivity index (χ3n) is 2.86. The Kier molecular flexibility index (Phi) is 5.51. The number of rotatable bonds is 6.